The smallest absolute Gasteiger partial charge is 0.308 e. The third-order valence-electron chi connectivity index (χ3n) is 2.54. The number of rotatable bonds is 2. The van der Waals surface area contributed by atoms with Crippen LogP contribution in [0.1, 0.15) is 11.1 Å². The number of benzene rings is 1. The molecule has 2 rings (SSSR count). The first-order chi connectivity index (χ1) is 9.36. The molecule has 20 heavy (non-hydrogen) atoms. The number of H-pyrrole nitrogens is 1. The number of aromatic nitrogens is 2. The minimum Gasteiger partial charge on any atom is -0.308 e. The van der Waals surface area contributed by atoms with Crippen molar-refractivity contribution >= 4 is 17.5 Å². The molecule has 106 valence electrons. The van der Waals surface area contributed by atoms with Crippen LogP contribution in [-0.4, -0.2) is 16.2 Å². The molecule has 0 aliphatic heterocycles. The Morgan fingerprint density at radius 1 is 1.20 bits per heavy atom. The van der Waals surface area contributed by atoms with Crippen molar-refractivity contribution < 1.29 is 18.0 Å². The first-order valence-electron chi connectivity index (χ1n) is 5.61. The summed E-state index contributed by atoms with van der Waals surface area (Å²) >= 11 is 0. The molecule has 5 nitrogen and oxygen atoms in total. The predicted octanol–water partition coefficient (Wildman–Crippen LogP) is 3.38. The molecule has 1 aromatic heterocycles. The average Bonchev–Trinajstić information content (AvgIpc) is 2.74. The second-order valence-corrected chi connectivity index (χ2v) is 4.08. The summed E-state index contributed by atoms with van der Waals surface area (Å²) in [5.41, 5.74) is 0.230. The minimum absolute atomic E-state index is 0.257. The number of urea groups is 1. The van der Waals surface area contributed by atoms with Crippen LogP contribution in [0.5, 0.6) is 0 Å². The Hall–Kier alpha value is -2.51. The summed E-state index contributed by atoms with van der Waals surface area (Å²) in [6.45, 7) is 1.75. The Bertz CT molecular complexity index is 604. The molecule has 0 saturated heterocycles. The maximum Gasteiger partial charge on any atom is 0.416 e. The normalized spacial score (nSPS) is 11.2. The Balaban J connectivity index is 2.00. The van der Waals surface area contributed by atoms with Gasteiger partial charge in [-0.05, 0) is 31.2 Å². The summed E-state index contributed by atoms with van der Waals surface area (Å²) in [6, 6.07) is 3.59. The van der Waals surface area contributed by atoms with Crippen LogP contribution in [0.15, 0.2) is 30.5 Å². The van der Waals surface area contributed by atoms with Crippen LogP contribution in [0, 0.1) is 6.92 Å². The van der Waals surface area contributed by atoms with Crippen molar-refractivity contribution in [3.05, 3.63) is 41.6 Å². The Kier molecular flexibility index (Phi) is 3.64. The average molecular weight is 284 g/mol. The predicted molar refractivity (Wildman–Crippen MR) is 67.4 cm³/mol. The number of anilines is 2. The van der Waals surface area contributed by atoms with E-state index in [4.69, 9.17) is 0 Å². The van der Waals surface area contributed by atoms with Crippen molar-refractivity contribution in [1.29, 1.82) is 0 Å². The summed E-state index contributed by atoms with van der Waals surface area (Å²) in [7, 11) is 0. The molecule has 1 aromatic carbocycles. The van der Waals surface area contributed by atoms with Gasteiger partial charge in [-0.25, -0.2) is 4.79 Å². The number of carbonyl (C=O) groups excluding carboxylic acids is 1. The summed E-state index contributed by atoms with van der Waals surface area (Å²) in [4.78, 5) is 11.6. The number of hydrogen-bond acceptors (Lipinski definition) is 2. The lowest BCUT2D eigenvalue weighted by Crippen LogP contribution is -2.20. The molecule has 0 atom stereocenters. The monoisotopic (exact) mass is 284 g/mol. The maximum atomic E-state index is 12.4. The number of aromatic amines is 1. The fraction of sp³-hybridized carbons (Fsp3) is 0.167. The van der Waals surface area contributed by atoms with Crippen LogP contribution in [0.2, 0.25) is 0 Å². The molecule has 0 saturated carbocycles. The van der Waals surface area contributed by atoms with Crippen LogP contribution in [0.25, 0.3) is 0 Å². The second kappa shape index (κ2) is 5.24. The summed E-state index contributed by atoms with van der Waals surface area (Å²) < 4.78 is 37.1. The lowest BCUT2D eigenvalue weighted by Gasteiger charge is -2.09. The number of hydrogen-bond donors (Lipinski definition) is 3. The van der Waals surface area contributed by atoms with Crippen molar-refractivity contribution in [2.45, 2.75) is 13.1 Å². The molecule has 0 bridgehead atoms. The Morgan fingerprint density at radius 2 is 1.85 bits per heavy atom. The molecule has 3 N–H and O–H groups in total. The van der Waals surface area contributed by atoms with Crippen LogP contribution in [-0.2, 0) is 6.18 Å². The Morgan fingerprint density at radius 3 is 2.35 bits per heavy atom. The molecule has 0 aliphatic carbocycles. The standard InChI is InChI=1S/C12H11F3N4O/c1-7-6-16-19-10(7)18-11(20)17-9-4-2-8(3-5-9)12(13,14)15/h2-6H,1H3,(H3,16,17,18,19,20). The highest BCUT2D eigenvalue weighted by Gasteiger charge is 2.29. The first-order valence-corrected chi connectivity index (χ1v) is 5.61. The van der Waals surface area contributed by atoms with Crippen molar-refractivity contribution in [2.75, 3.05) is 10.6 Å². The Labute approximate surface area is 112 Å². The fourth-order valence-corrected chi connectivity index (χ4v) is 1.49. The second-order valence-electron chi connectivity index (χ2n) is 4.08. The van der Waals surface area contributed by atoms with Gasteiger partial charge in [-0.2, -0.15) is 18.3 Å². The van der Waals surface area contributed by atoms with E-state index in [1.165, 1.54) is 18.3 Å². The molecule has 0 radical (unpaired) electrons. The highest BCUT2D eigenvalue weighted by atomic mass is 19.4. The quantitative estimate of drug-likeness (QED) is 0.791. The summed E-state index contributed by atoms with van der Waals surface area (Å²) in [5, 5.41) is 11.2. The highest BCUT2D eigenvalue weighted by Crippen LogP contribution is 2.29. The van der Waals surface area contributed by atoms with E-state index >= 15 is 0 Å². The number of aryl methyl sites for hydroxylation is 1. The minimum atomic E-state index is -4.40. The number of alkyl halides is 3. The van der Waals surface area contributed by atoms with Gasteiger partial charge in [-0.15, -0.1) is 0 Å². The van der Waals surface area contributed by atoms with Crippen molar-refractivity contribution in [1.82, 2.24) is 10.2 Å². The third-order valence-corrected chi connectivity index (χ3v) is 2.54. The first kappa shape index (κ1) is 13.9. The lowest BCUT2D eigenvalue weighted by molar-refractivity contribution is -0.137. The van der Waals surface area contributed by atoms with E-state index in [0.717, 1.165) is 17.7 Å². The molecule has 2 amide bonds. The van der Waals surface area contributed by atoms with Gasteiger partial charge >= 0.3 is 12.2 Å². The molecule has 0 fully saturated rings. The van der Waals surface area contributed by atoms with E-state index in [-0.39, 0.29) is 5.69 Å². The van der Waals surface area contributed by atoms with E-state index in [0.29, 0.717) is 5.82 Å². The molecular formula is C12H11F3N4O. The van der Waals surface area contributed by atoms with Gasteiger partial charge in [0, 0.05) is 11.3 Å². The number of carbonyl (C=O) groups is 1. The third kappa shape index (κ3) is 3.28. The zero-order valence-corrected chi connectivity index (χ0v) is 10.4. The molecule has 0 unspecified atom stereocenters. The van der Waals surface area contributed by atoms with Gasteiger partial charge in [0.2, 0.25) is 0 Å². The number of halogens is 3. The number of nitrogens with zero attached hydrogens (tertiary/aromatic N) is 1. The van der Waals surface area contributed by atoms with E-state index in [1.807, 2.05) is 0 Å². The topological polar surface area (TPSA) is 69.8 Å². The van der Waals surface area contributed by atoms with Gasteiger partial charge in [0.25, 0.3) is 0 Å². The zero-order valence-electron chi connectivity index (χ0n) is 10.4. The number of amides is 2. The molecule has 0 aliphatic rings. The van der Waals surface area contributed by atoms with Crippen molar-refractivity contribution in [3.63, 3.8) is 0 Å². The molecule has 1 heterocycles. The van der Waals surface area contributed by atoms with E-state index in [1.54, 1.807) is 6.92 Å². The van der Waals surface area contributed by atoms with Gasteiger partial charge in [0.05, 0.1) is 11.8 Å². The molecular weight excluding hydrogens is 273 g/mol. The molecule has 2 aromatic rings. The summed E-state index contributed by atoms with van der Waals surface area (Å²) in [6.07, 6.45) is -2.86. The molecule has 0 spiro atoms. The van der Waals surface area contributed by atoms with E-state index in [2.05, 4.69) is 20.8 Å². The van der Waals surface area contributed by atoms with Gasteiger partial charge in [0.1, 0.15) is 5.82 Å². The van der Waals surface area contributed by atoms with E-state index in [9.17, 15) is 18.0 Å². The van der Waals surface area contributed by atoms with Crippen molar-refractivity contribution in [2.24, 2.45) is 0 Å². The van der Waals surface area contributed by atoms with E-state index < -0.39 is 17.8 Å². The fourth-order valence-electron chi connectivity index (χ4n) is 1.49. The van der Waals surface area contributed by atoms with Crippen LogP contribution in [0.3, 0.4) is 0 Å². The van der Waals surface area contributed by atoms with Gasteiger partial charge in [-0.3, -0.25) is 10.4 Å². The highest BCUT2D eigenvalue weighted by molar-refractivity contribution is 5.99. The van der Waals surface area contributed by atoms with Gasteiger partial charge in [-0.1, -0.05) is 0 Å². The number of nitrogens with one attached hydrogen (secondary N) is 3. The van der Waals surface area contributed by atoms with Crippen LogP contribution in [0.4, 0.5) is 29.5 Å². The largest absolute Gasteiger partial charge is 0.416 e. The van der Waals surface area contributed by atoms with Crippen LogP contribution < -0.4 is 10.6 Å². The summed E-state index contributed by atoms with van der Waals surface area (Å²) in [5.74, 6) is 0.425. The lowest BCUT2D eigenvalue weighted by atomic mass is 10.2. The molecule has 8 heteroatoms. The zero-order chi connectivity index (χ0) is 14.8. The maximum absolute atomic E-state index is 12.4. The van der Waals surface area contributed by atoms with Gasteiger partial charge < -0.3 is 5.32 Å². The SMILES string of the molecule is Cc1cn[nH]c1NC(=O)Nc1ccc(C(F)(F)F)cc1. The van der Waals surface area contributed by atoms with Crippen LogP contribution >= 0.6 is 0 Å². The van der Waals surface area contributed by atoms with Gasteiger partial charge in [0.15, 0.2) is 0 Å². The van der Waals surface area contributed by atoms with Crippen molar-refractivity contribution in [3.8, 4) is 0 Å².